The van der Waals surface area contributed by atoms with Crippen LogP contribution < -0.4 is 0 Å². The van der Waals surface area contributed by atoms with Crippen LogP contribution in [0.25, 0.3) is 0 Å². The van der Waals surface area contributed by atoms with Crippen molar-refractivity contribution in [1.82, 2.24) is 9.97 Å². The molecule has 1 fully saturated rings. The van der Waals surface area contributed by atoms with Crippen molar-refractivity contribution >= 4 is 22.6 Å². The second kappa shape index (κ2) is 2.70. The molecule has 0 saturated carbocycles. The van der Waals surface area contributed by atoms with Crippen LogP contribution in [-0.4, -0.2) is 23.2 Å². The Morgan fingerprint density at radius 2 is 2.25 bits per heavy atom. The molecule has 0 unspecified atom stereocenters. The molecule has 0 aromatic carbocycles. The third-order valence-electron chi connectivity index (χ3n) is 2.24. The van der Waals surface area contributed by atoms with Gasteiger partial charge in [-0.1, -0.05) is 0 Å². The summed E-state index contributed by atoms with van der Waals surface area (Å²) in [6.07, 6.45) is 0. The summed E-state index contributed by atoms with van der Waals surface area (Å²) in [6.45, 7) is 5.77. The first-order chi connectivity index (χ1) is 5.62. The Balaban J connectivity index is 2.34. The molecule has 12 heavy (non-hydrogen) atoms. The lowest BCUT2D eigenvalue weighted by Crippen LogP contribution is -2.44. The standard InChI is InChI=1S/C8H11IN2O/c1-5-6(9)11-7(10-5)8(2)3-12-4-8/h3-4H2,1-2H3,(H,10,11). The van der Waals surface area contributed by atoms with E-state index in [1.54, 1.807) is 0 Å². The van der Waals surface area contributed by atoms with Crippen LogP contribution in [0, 0.1) is 10.6 Å². The van der Waals surface area contributed by atoms with Crippen LogP contribution in [0.15, 0.2) is 0 Å². The highest BCUT2D eigenvalue weighted by Gasteiger charge is 2.38. The number of nitrogens with one attached hydrogen (secondary N) is 1. The largest absolute Gasteiger partial charge is 0.379 e. The fraction of sp³-hybridized carbons (Fsp3) is 0.625. The minimum Gasteiger partial charge on any atom is -0.379 e. The summed E-state index contributed by atoms with van der Waals surface area (Å²) >= 11 is 2.27. The summed E-state index contributed by atoms with van der Waals surface area (Å²) in [5, 5.41) is 0. The molecule has 2 rings (SSSR count). The van der Waals surface area contributed by atoms with Crippen molar-refractivity contribution in [2.24, 2.45) is 0 Å². The van der Waals surface area contributed by atoms with E-state index in [0.29, 0.717) is 0 Å². The maximum absolute atomic E-state index is 5.18. The number of aryl methyl sites for hydroxylation is 1. The van der Waals surface area contributed by atoms with Crippen molar-refractivity contribution in [3.63, 3.8) is 0 Å². The quantitative estimate of drug-likeness (QED) is 0.792. The summed E-state index contributed by atoms with van der Waals surface area (Å²) in [7, 11) is 0. The van der Waals surface area contributed by atoms with Gasteiger partial charge in [0.15, 0.2) is 0 Å². The zero-order chi connectivity index (χ0) is 8.77. The van der Waals surface area contributed by atoms with Gasteiger partial charge in [0.05, 0.1) is 24.3 Å². The number of ether oxygens (including phenoxy) is 1. The molecule has 1 aliphatic rings. The Labute approximate surface area is 85.1 Å². The van der Waals surface area contributed by atoms with Crippen molar-refractivity contribution in [3.8, 4) is 0 Å². The van der Waals surface area contributed by atoms with Gasteiger partial charge in [0.2, 0.25) is 0 Å². The fourth-order valence-corrected chi connectivity index (χ4v) is 1.65. The topological polar surface area (TPSA) is 37.9 Å². The molecule has 0 aliphatic carbocycles. The second-order valence-electron chi connectivity index (χ2n) is 3.54. The molecular weight excluding hydrogens is 267 g/mol. The van der Waals surface area contributed by atoms with Gasteiger partial charge in [0, 0.05) is 0 Å². The Morgan fingerprint density at radius 1 is 1.58 bits per heavy atom. The first-order valence-electron chi connectivity index (χ1n) is 3.92. The van der Waals surface area contributed by atoms with Crippen molar-refractivity contribution in [3.05, 3.63) is 15.2 Å². The average Bonchev–Trinajstić information content (AvgIpc) is 2.28. The first kappa shape index (κ1) is 8.50. The van der Waals surface area contributed by atoms with E-state index < -0.39 is 0 Å². The molecule has 1 aromatic rings. The van der Waals surface area contributed by atoms with Crippen LogP contribution in [0.3, 0.4) is 0 Å². The molecule has 0 bridgehead atoms. The normalized spacial score (nSPS) is 20.6. The molecule has 0 radical (unpaired) electrons. The number of H-pyrrole nitrogens is 1. The van der Waals surface area contributed by atoms with E-state index in [0.717, 1.165) is 28.4 Å². The predicted molar refractivity (Wildman–Crippen MR) is 54.2 cm³/mol. The van der Waals surface area contributed by atoms with E-state index in [9.17, 15) is 0 Å². The third-order valence-corrected chi connectivity index (χ3v) is 3.29. The number of nitrogens with zero attached hydrogens (tertiary/aromatic N) is 1. The van der Waals surface area contributed by atoms with Crippen LogP contribution in [0.4, 0.5) is 0 Å². The first-order valence-corrected chi connectivity index (χ1v) is 5.00. The molecule has 1 aromatic heterocycles. The number of imidazole rings is 1. The predicted octanol–water partition coefficient (Wildman–Crippen LogP) is 1.61. The minimum absolute atomic E-state index is 0.133. The van der Waals surface area contributed by atoms with Gasteiger partial charge in [-0.2, -0.15) is 0 Å². The number of hydrogen-bond donors (Lipinski definition) is 1. The van der Waals surface area contributed by atoms with Crippen molar-refractivity contribution in [2.45, 2.75) is 19.3 Å². The summed E-state index contributed by atoms with van der Waals surface area (Å²) in [5.41, 5.74) is 1.22. The Hall–Kier alpha value is -0.100. The number of halogens is 1. The minimum atomic E-state index is 0.133. The number of aromatic amines is 1. The maximum atomic E-state index is 5.18. The molecule has 0 spiro atoms. The van der Waals surface area contributed by atoms with Crippen molar-refractivity contribution < 1.29 is 4.74 Å². The lowest BCUT2D eigenvalue weighted by atomic mass is 9.88. The average molecular weight is 278 g/mol. The van der Waals surface area contributed by atoms with E-state index in [1.165, 1.54) is 0 Å². The van der Waals surface area contributed by atoms with Crippen LogP contribution in [0.2, 0.25) is 0 Å². The molecule has 1 saturated heterocycles. The number of aromatic nitrogens is 2. The van der Waals surface area contributed by atoms with Gasteiger partial charge in [-0.05, 0) is 36.4 Å². The molecule has 0 atom stereocenters. The molecular formula is C8H11IN2O. The van der Waals surface area contributed by atoms with E-state index >= 15 is 0 Å². The monoisotopic (exact) mass is 278 g/mol. The molecule has 2 heterocycles. The van der Waals surface area contributed by atoms with Gasteiger partial charge in [-0.25, -0.2) is 4.98 Å². The van der Waals surface area contributed by atoms with Crippen LogP contribution in [-0.2, 0) is 10.2 Å². The van der Waals surface area contributed by atoms with Crippen molar-refractivity contribution in [2.75, 3.05) is 13.2 Å². The second-order valence-corrected chi connectivity index (χ2v) is 4.62. The molecule has 1 N–H and O–H groups in total. The Bertz CT molecular complexity index is 285. The van der Waals surface area contributed by atoms with Gasteiger partial charge in [0.25, 0.3) is 0 Å². The fourth-order valence-electron chi connectivity index (χ4n) is 1.27. The lowest BCUT2D eigenvalue weighted by molar-refractivity contribution is -0.0540. The number of rotatable bonds is 1. The van der Waals surface area contributed by atoms with Gasteiger partial charge in [-0.3, -0.25) is 0 Å². The van der Waals surface area contributed by atoms with Gasteiger partial charge >= 0.3 is 0 Å². The highest BCUT2D eigenvalue weighted by Crippen LogP contribution is 2.30. The Morgan fingerprint density at radius 3 is 2.58 bits per heavy atom. The SMILES string of the molecule is Cc1nc(C2(C)COC2)[nH]c1I. The third kappa shape index (κ3) is 1.17. The zero-order valence-corrected chi connectivity index (χ0v) is 9.31. The summed E-state index contributed by atoms with van der Waals surface area (Å²) in [6, 6.07) is 0. The number of hydrogen-bond acceptors (Lipinski definition) is 2. The molecule has 0 amide bonds. The van der Waals surface area contributed by atoms with Crippen molar-refractivity contribution in [1.29, 1.82) is 0 Å². The zero-order valence-electron chi connectivity index (χ0n) is 7.15. The summed E-state index contributed by atoms with van der Waals surface area (Å²) < 4.78 is 6.31. The summed E-state index contributed by atoms with van der Waals surface area (Å²) in [4.78, 5) is 7.74. The van der Waals surface area contributed by atoms with Gasteiger partial charge in [0.1, 0.15) is 9.53 Å². The van der Waals surface area contributed by atoms with E-state index in [2.05, 4.69) is 39.5 Å². The highest BCUT2D eigenvalue weighted by atomic mass is 127. The van der Waals surface area contributed by atoms with E-state index in [-0.39, 0.29) is 5.41 Å². The van der Waals surface area contributed by atoms with Gasteiger partial charge < -0.3 is 9.72 Å². The molecule has 3 nitrogen and oxygen atoms in total. The summed E-state index contributed by atoms with van der Waals surface area (Å²) in [5.74, 6) is 1.07. The van der Waals surface area contributed by atoms with E-state index in [4.69, 9.17) is 4.74 Å². The Kier molecular flexibility index (Phi) is 1.91. The smallest absolute Gasteiger partial charge is 0.117 e. The van der Waals surface area contributed by atoms with Crippen LogP contribution in [0.1, 0.15) is 18.4 Å². The van der Waals surface area contributed by atoms with Crippen LogP contribution in [0.5, 0.6) is 0 Å². The molecule has 4 heteroatoms. The van der Waals surface area contributed by atoms with Gasteiger partial charge in [-0.15, -0.1) is 0 Å². The lowest BCUT2D eigenvalue weighted by Gasteiger charge is -2.35. The van der Waals surface area contributed by atoms with Crippen LogP contribution >= 0.6 is 22.6 Å². The van der Waals surface area contributed by atoms with E-state index in [1.807, 2.05) is 6.92 Å². The molecule has 66 valence electrons. The maximum Gasteiger partial charge on any atom is 0.117 e. The highest BCUT2D eigenvalue weighted by molar-refractivity contribution is 14.1. The molecule has 1 aliphatic heterocycles.